The van der Waals surface area contributed by atoms with E-state index in [0.717, 1.165) is 40.8 Å². The van der Waals surface area contributed by atoms with E-state index in [1.54, 1.807) is 17.8 Å². The predicted molar refractivity (Wildman–Crippen MR) is 81.3 cm³/mol. The zero-order valence-corrected chi connectivity index (χ0v) is 12.0. The molecule has 3 nitrogen and oxygen atoms in total. The number of thioether (sulfide) groups is 1. The van der Waals surface area contributed by atoms with Crippen molar-refractivity contribution in [3.63, 3.8) is 0 Å². The van der Waals surface area contributed by atoms with Crippen molar-refractivity contribution in [1.82, 2.24) is 0 Å². The first-order chi connectivity index (χ1) is 9.72. The number of benzene rings is 1. The lowest BCUT2D eigenvalue weighted by atomic mass is 10.0. The molecule has 1 N–H and O–H groups in total. The van der Waals surface area contributed by atoms with Crippen LogP contribution in [-0.4, -0.2) is 17.4 Å². The minimum absolute atomic E-state index is 0.0632. The Bertz CT molecular complexity index is 646. The van der Waals surface area contributed by atoms with Gasteiger partial charge in [0.25, 0.3) is 5.91 Å². The fourth-order valence-electron chi connectivity index (χ4n) is 2.54. The van der Waals surface area contributed by atoms with Gasteiger partial charge in [-0.05, 0) is 30.5 Å². The largest absolute Gasteiger partial charge is 0.321 e. The molecule has 0 fully saturated rings. The van der Waals surface area contributed by atoms with Crippen molar-refractivity contribution in [3.05, 3.63) is 47.1 Å². The normalized spacial score (nSPS) is 20.4. The second-order valence-corrected chi connectivity index (χ2v) is 6.11. The molecule has 1 amide bonds. The number of hydrogen-bond acceptors (Lipinski definition) is 3. The minimum Gasteiger partial charge on any atom is -0.321 e. The summed E-state index contributed by atoms with van der Waals surface area (Å²) in [6, 6.07) is 3.82. The molecule has 1 heterocycles. The molecule has 1 aromatic carbocycles. The first-order valence-electron chi connectivity index (χ1n) is 6.69. The van der Waals surface area contributed by atoms with Gasteiger partial charge >= 0.3 is 0 Å². The number of carbonyl (C=O) groups excluding carboxylic acids is 2. The molecule has 0 bridgehead atoms. The number of rotatable bonds is 2. The van der Waals surface area contributed by atoms with Gasteiger partial charge in [0.05, 0.1) is 5.69 Å². The van der Waals surface area contributed by atoms with Crippen molar-refractivity contribution in [2.45, 2.75) is 29.9 Å². The monoisotopic (exact) mass is 285 g/mol. The van der Waals surface area contributed by atoms with Gasteiger partial charge < -0.3 is 5.32 Å². The third kappa shape index (κ3) is 2.20. The van der Waals surface area contributed by atoms with Crippen LogP contribution in [0.3, 0.4) is 0 Å². The summed E-state index contributed by atoms with van der Waals surface area (Å²) >= 11 is 1.70. The average molecular weight is 285 g/mol. The maximum absolute atomic E-state index is 12.3. The van der Waals surface area contributed by atoms with E-state index in [-0.39, 0.29) is 11.2 Å². The van der Waals surface area contributed by atoms with Crippen LogP contribution in [0, 0.1) is 0 Å². The molecule has 1 aliphatic heterocycles. The van der Waals surface area contributed by atoms with Crippen LogP contribution in [0.15, 0.2) is 40.8 Å². The molecule has 1 aliphatic carbocycles. The number of nitrogens with one attached hydrogen (secondary N) is 1. The molecule has 3 rings (SSSR count). The van der Waals surface area contributed by atoms with Crippen molar-refractivity contribution in [2.24, 2.45) is 0 Å². The summed E-state index contributed by atoms with van der Waals surface area (Å²) in [7, 11) is 0. The second kappa shape index (κ2) is 5.29. The minimum atomic E-state index is -0.0632. The van der Waals surface area contributed by atoms with Crippen LogP contribution >= 0.6 is 11.8 Å². The van der Waals surface area contributed by atoms with Crippen LogP contribution in [0.5, 0.6) is 0 Å². The molecule has 0 saturated carbocycles. The highest BCUT2D eigenvalue weighted by Gasteiger charge is 2.28. The molecule has 102 valence electrons. The van der Waals surface area contributed by atoms with Crippen molar-refractivity contribution >= 4 is 29.6 Å². The predicted octanol–water partition coefficient (Wildman–Crippen LogP) is 3.36. The molecule has 1 atom stereocenters. The molecule has 0 spiro atoms. The van der Waals surface area contributed by atoms with Gasteiger partial charge in [0.15, 0.2) is 0 Å². The quantitative estimate of drug-likeness (QED) is 0.848. The highest BCUT2D eigenvalue weighted by molar-refractivity contribution is 8.00. The molecule has 1 unspecified atom stereocenters. The lowest BCUT2D eigenvalue weighted by Gasteiger charge is -2.16. The lowest BCUT2D eigenvalue weighted by Crippen LogP contribution is -2.20. The van der Waals surface area contributed by atoms with E-state index in [1.165, 1.54) is 0 Å². The Balaban J connectivity index is 2.08. The highest BCUT2D eigenvalue weighted by atomic mass is 32.2. The van der Waals surface area contributed by atoms with Crippen LogP contribution in [-0.2, 0) is 11.2 Å². The zero-order chi connectivity index (χ0) is 14.1. The molecule has 0 radical (unpaired) electrons. The highest BCUT2D eigenvalue weighted by Crippen LogP contribution is 2.41. The van der Waals surface area contributed by atoms with Crippen LogP contribution < -0.4 is 5.32 Å². The summed E-state index contributed by atoms with van der Waals surface area (Å²) in [6.45, 7) is 2.03. The van der Waals surface area contributed by atoms with Gasteiger partial charge in [-0.25, -0.2) is 0 Å². The molecular weight excluding hydrogens is 270 g/mol. The zero-order valence-electron chi connectivity index (χ0n) is 11.2. The first-order valence-corrected chi connectivity index (χ1v) is 7.57. The number of anilines is 1. The Hall–Kier alpha value is -1.81. The standard InChI is InChI=1S/C16H15NO2S/c1-2-10-8-15-13(7-11(10)9-18)17-16(19)12-5-3-4-6-14(12)20-15/h3-5,7-9,14H,2,6H2,1H3,(H,17,19). The van der Waals surface area contributed by atoms with Crippen LogP contribution in [0.2, 0.25) is 0 Å². The number of amides is 1. The van der Waals surface area contributed by atoms with Gasteiger partial charge in [-0.3, -0.25) is 9.59 Å². The summed E-state index contributed by atoms with van der Waals surface area (Å²) in [6.07, 6.45) is 8.41. The van der Waals surface area contributed by atoms with E-state index in [9.17, 15) is 9.59 Å². The number of allylic oxidation sites excluding steroid dienone is 3. The van der Waals surface area contributed by atoms with Gasteiger partial charge in [0, 0.05) is 21.3 Å². The number of fused-ring (bicyclic) bond motifs is 2. The van der Waals surface area contributed by atoms with Gasteiger partial charge in [-0.15, -0.1) is 11.8 Å². The molecular formula is C16H15NO2S. The third-order valence-corrected chi connectivity index (χ3v) is 4.96. The van der Waals surface area contributed by atoms with E-state index < -0.39 is 0 Å². The van der Waals surface area contributed by atoms with E-state index in [0.29, 0.717) is 5.56 Å². The Morgan fingerprint density at radius 2 is 2.30 bits per heavy atom. The fraction of sp³-hybridized carbons (Fsp3) is 0.250. The van der Waals surface area contributed by atoms with Gasteiger partial charge in [-0.2, -0.15) is 0 Å². The number of hydrogen-bond donors (Lipinski definition) is 1. The SMILES string of the molecule is CCc1cc2c(cc1C=O)NC(=O)C1=CC=CCC1S2. The summed E-state index contributed by atoms with van der Waals surface area (Å²) in [4.78, 5) is 24.4. The molecule has 0 aromatic heterocycles. The van der Waals surface area contributed by atoms with Crippen LogP contribution in [0.25, 0.3) is 0 Å². The second-order valence-electron chi connectivity index (χ2n) is 4.87. The van der Waals surface area contributed by atoms with Crippen molar-refractivity contribution in [1.29, 1.82) is 0 Å². The number of carbonyl (C=O) groups is 2. The summed E-state index contributed by atoms with van der Waals surface area (Å²) in [5.41, 5.74) is 3.23. The molecule has 2 aliphatic rings. The number of aldehydes is 1. The van der Waals surface area contributed by atoms with E-state index in [2.05, 4.69) is 11.4 Å². The Labute approximate surface area is 122 Å². The van der Waals surface area contributed by atoms with Gasteiger partial charge in [-0.1, -0.05) is 25.2 Å². The number of aryl methyl sites for hydroxylation is 1. The van der Waals surface area contributed by atoms with Crippen molar-refractivity contribution < 1.29 is 9.59 Å². The molecule has 4 heteroatoms. The van der Waals surface area contributed by atoms with Gasteiger partial charge in [0.1, 0.15) is 6.29 Å². The molecule has 20 heavy (non-hydrogen) atoms. The van der Waals surface area contributed by atoms with E-state index in [4.69, 9.17) is 0 Å². The topological polar surface area (TPSA) is 46.2 Å². The molecule has 0 saturated heterocycles. The van der Waals surface area contributed by atoms with Crippen molar-refractivity contribution in [2.75, 3.05) is 5.32 Å². The Morgan fingerprint density at radius 1 is 1.45 bits per heavy atom. The van der Waals surface area contributed by atoms with Crippen LogP contribution in [0.1, 0.15) is 29.3 Å². The van der Waals surface area contributed by atoms with E-state index >= 15 is 0 Å². The van der Waals surface area contributed by atoms with Crippen molar-refractivity contribution in [3.8, 4) is 0 Å². The third-order valence-electron chi connectivity index (χ3n) is 3.64. The summed E-state index contributed by atoms with van der Waals surface area (Å²) < 4.78 is 0. The Morgan fingerprint density at radius 3 is 3.05 bits per heavy atom. The molecule has 1 aromatic rings. The fourth-order valence-corrected chi connectivity index (χ4v) is 3.81. The van der Waals surface area contributed by atoms with Gasteiger partial charge in [0.2, 0.25) is 0 Å². The Kier molecular flexibility index (Phi) is 3.49. The average Bonchev–Trinajstić information content (AvgIpc) is 2.61. The smallest absolute Gasteiger partial charge is 0.252 e. The maximum Gasteiger partial charge on any atom is 0.252 e. The maximum atomic E-state index is 12.3. The van der Waals surface area contributed by atoms with Crippen LogP contribution in [0.4, 0.5) is 5.69 Å². The summed E-state index contributed by atoms with van der Waals surface area (Å²) in [5.74, 6) is -0.0632. The van der Waals surface area contributed by atoms with E-state index in [1.807, 2.05) is 25.1 Å². The summed E-state index contributed by atoms with van der Waals surface area (Å²) in [5, 5.41) is 3.09. The lowest BCUT2D eigenvalue weighted by molar-refractivity contribution is -0.112. The first kappa shape index (κ1) is 13.2.